The summed E-state index contributed by atoms with van der Waals surface area (Å²) in [6.45, 7) is 6.17. The van der Waals surface area contributed by atoms with E-state index in [0.29, 0.717) is 30.3 Å². The monoisotopic (exact) mass is 376 g/mol. The third kappa shape index (κ3) is 2.49. The lowest BCUT2D eigenvalue weighted by Crippen LogP contribution is -2.65. The van der Waals surface area contributed by atoms with Gasteiger partial charge in [-0.25, -0.2) is 0 Å². The van der Waals surface area contributed by atoms with E-state index in [4.69, 9.17) is 0 Å². The van der Waals surface area contributed by atoms with E-state index in [2.05, 4.69) is 6.92 Å². The molecule has 0 heterocycles. The van der Waals surface area contributed by atoms with Gasteiger partial charge in [0.15, 0.2) is 0 Å². The molecule has 0 spiro atoms. The molecular formula is C23H36O4. The van der Waals surface area contributed by atoms with Gasteiger partial charge in [-0.05, 0) is 99.5 Å². The van der Waals surface area contributed by atoms with Crippen molar-refractivity contribution < 1.29 is 20.1 Å². The van der Waals surface area contributed by atoms with E-state index < -0.39 is 16.6 Å². The summed E-state index contributed by atoms with van der Waals surface area (Å²) in [6, 6.07) is 0. The Labute approximate surface area is 163 Å². The second-order valence-electron chi connectivity index (χ2n) is 10.6. The average Bonchev–Trinajstić information content (AvgIpc) is 2.83. The van der Waals surface area contributed by atoms with Gasteiger partial charge >= 0.3 is 0 Å². The quantitative estimate of drug-likeness (QED) is 0.510. The molecule has 152 valence electrons. The molecule has 0 aromatic heterocycles. The summed E-state index contributed by atoms with van der Waals surface area (Å²) in [6.07, 6.45) is 10.1. The van der Waals surface area contributed by atoms with Gasteiger partial charge in [-0.1, -0.05) is 13.8 Å². The Morgan fingerprint density at radius 3 is 2.41 bits per heavy atom. The van der Waals surface area contributed by atoms with Gasteiger partial charge in [0.25, 0.3) is 0 Å². The fraction of sp³-hybridized carbons (Fsp3) is 0.870. The minimum atomic E-state index is -1.11. The van der Waals surface area contributed by atoms with Gasteiger partial charge in [-0.2, -0.15) is 0 Å². The standard InChI is InChI=1S/C23H36O4/c1-15(14-24)13-22(26)10-11-23(27)19-5-4-16-12-17(25)6-8-20(16,2)18(19)7-9-21(22,23)3/h13-14,16-19,25-27H,4-12H2,1-3H3/b15-13+/t16-,17+,18+,19-,20+,21-,22-,23+/m1/s1. The van der Waals surface area contributed by atoms with Crippen LogP contribution in [0.3, 0.4) is 0 Å². The molecule has 4 fully saturated rings. The van der Waals surface area contributed by atoms with Gasteiger partial charge in [0.2, 0.25) is 0 Å². The van der Waals surface area contributed by atoms with Crippen LogP contribution in [0, 0.1) is 28.6 Å². The number of fused-ring (bicyclic) bond motifs is 5. The van der Waals surface area contributed by atoms with Crippen LogP contribution in [0.15, 0.2) is 11.6 Å². The predicted molar refractivity (Wildman–Crippen MR) is 104 cm³/mol. The number of aldehydes is 1. The molecule has 4 aliphatic rings. The zero-order valence-electron chi connectivity index (χ0n) is 17.1. The molecule has 8 atom stereocenters. The van der Waals surface area contributed by atoms with Crippen molar-refractivity contribution in [2.45, 2.75) is 95.9 Å². The number of aliphatic hydroxyl groups excluding tert-OH is 1. The highest BCUT2D eigenvalue weighted by Gasteiger charge is 2.71. The van der Waals surface area contributed by atoms with Gasteiger partial charge in [-0.3, -0.25) is 4.79 Å². The van der Waals surface area contributed by atoms with E-state index in [0.717, 1.165) is 51.2 Å². The molecule has 4 aliphatic carbocycles. The van der Waals surface area contributed by atoms with Gasteiger partial charge in [0, 0.05) is 5.41 Å². The highest BCUT2D eigenvalue weighted by Crippen LogP contribution is 2.70. The van der Waals surface area contributed by atoms with Crippen LogP contribution in [0.25, 0.3) is 0 Å². The maximum absolute atomic E-state index is 12.0. The van der Waals surface area contributed by atoms with E-state index in [9.17, 15) is 20.1 Å². The summed E-state index contributed by atoms with van der Waals surface area (Å²) in [5, 5.41) is 33.7. The highest BCUT2D eigenvalue weighted by atomic mass is 16.3. The fourth-order valence-electron chi connectivity index (χ4n) is 7.90. The van der Waals surface area contributed by atoms with E-state index in [1.807, 2.05) is 6.92 Å². The molecule has 0 amide bonds. The number of carbonyl (C=O) groups excluding carboxylic acids is 1. The van der Waals surface area contributed by atoms with Crippen LogP contribution in [-0.4, -0.2) is 38.9 Å². The number of allylic oxidation sites excluding steroid dienone is 1. The van der Waals surface area contributed by atoms with Crippen LogP contribution in [0.2, 0.25) is 0 Å². The number of carbonyl (C=O) groups is 1. The van der Waals surface area contributed by atoms with Crippen LogP contribution >= 0.6 is 0 Å². The topological polar surface area (TPSA) is 77.8 Å². The van der Waals surface area contributed by atoms with Crippen LogP contribution in [0.5, 0.6) is 0 Å². The number of hydrogen-bond acceptors (Lipinski definition) is 4. The third-order valence-electron chi connectivity index (χ3n) is 9.68. The predicted octanol–water partition coefficient (Wildman–Crippen LogP) is 3.38. The molecule has 0 aromatic rings. The minimum absolute atomic E-state index is 0.162. The first kappa shape index (κ1) is 19.6. The Morgan fingerprint density at radius 1 is 0.963 bits per heavy atom. The number of rotatable bonds is 2. The van der Waals surface area contributed by atoms with Crippen molar-refractivity contribution in [3.8, 4) is 0 Å². The SMILES string of the molecule is C/C(C=O)=C\[C@]1(O)CC[C@]2(O)[C@@H]3CC[C@@H]4C[C@@H](O)CC[C@]4(C)[C@H]3CC[C@]12C. The molecule has 4 rings (SSSR count). The van der Waals surface area contributed by atoms with E-state index in [1.165, 1.54) is 0 Å². The van der Waals surface area contributed by atoms with Gasteiger partial charge in [0.1, 0.15) is 6.29 Å². The zero-order valence-corrected chi connectivity index (χ0v) is 17.1. The second-order valence-corrected chi connectivity index (χ2v) is 10.6. The summed E-state index contributed by atoms with van der Waals surface area (Å²) in [4.78, 5) is 11.2. The van der Waals surface area contributed by atoms with Crippen molar-refractivity contribution in [3.63, 3.8) is 0 Å². The molecule has 0 saturated heterocycles. The van der Waals surface area contributed by atoms with Gasteiger partial charge in [-0.15, -0.1) is 0 Å². The Kier molecular flexibility index (Phi) is 4.46. The van der Waals surface area contributed by atoms with Gasteiger partial charge in [0.05, 0.1) is 17.3 Å². The summed E-state index contributed by atoms with van der Waals surface area (Å²) < 4.78 is 0. The lowest BCUT2D eigenvalue weighted by atomic mass is 9.43. The van der Waals surface area contributed by atoms with E-state index in [-0.39, 0.29) is 17.4 Å². The van der Waals surface area contributed by atoms with Crippen LogP contribution in [-0.2, 0) is 4.79 Å². The lowest BCUT2D eigenvalue weighted by molar-refractivity contribution is -0.227. The molecule has 4 heteroatoms. The zero-order chi connectivity index (χ0) is 19.7. The first-order valence-corrected chi connectivity index (χ1v) is 10.9. The van der Waals surface area contributed by atoms with Crippen LogP contribution < -0.4 is 0 Å². The Balaban J connectivity index is 1.69. The maximum atomic E-state index is 12.0. The molecule has 0 radical (unpaired) electrons. The smallest absolute Gasteiger partial charge is 0.145 e. The van der Waals surface area contributed by atoms with Crippen molar-refractivity contribution in [3.05, 3.63) is 11.6 Å². The molecule has 4 nitrogen and oxygen atoms in total. The van der Waals surface area contributed by atoms with Crippen LogP contribution in [0.1, 0.15) is 78.6 Å². The molecular weight excluding hydrogens is 340 g/mol. The number of aliphatic hydroxyl groups is 3. The first-order valence-electron chi connectivity index (χ1n) is 10.9. The maximum Gasteiger partial charge on any atom is 0.145 e. The molecule has 27 heavy (non-hydrogen) atoms. The third-order valence-corrected chi connectivity index (χ3v) is 9.68. The van der Waals surface area contributed by atoms with Crippen molar-refractivity contribution in [1.82, 2.24) is 0 Å². The van der Waals surface area contributed by atoms with Crippen LogP contribution in [0.4, 0.5) is 0 Å². The van der Waals surface area contributed by atoms with E-state index >= 15 is 0 Å². The summed E-state index contributed by atoms with van der Waals surface area (Å²) in [5.41, 5.74) is -1.87. The highest BCUT2D eigenvalue weighted by molar-refractivity contribution is 5.72. The summed E-state index contributed by atoms with van der Waals surface area (Å²) in [5.74, 6) is 1.21. The molecule has 0 aliphatic heterocycles. The van der Waals surface area contributed by atoms with Crippen molar-refractivity contribution >= 4 is 6.29 Å². The van der Waals surface area contributed by atoms with Crippen molar-refractivity contribution in [2.75, 3.05) is 0 Å². The normalized spacial score (nSPS) is 55.4. The summed E-state index contributed by atoms with van der Waals surface area (Å²) in [7, 11) is 0. The number of hydrogen-bond donors (Lipinski definition) is 3. The molecule has 0 unspecified atom stereocenters. The summed E-state index contributed by atoms with van der Waals surface area (Å²) >= 11 is 0. The van der Waals surface area contributed by atoms with Crippen molar-refractivity contribution in [1.29, 1.82) is 0 Å². The first-order chi connectivity index (χ1) is 12.6. The Hall–Kier alpha value is -0.710. The lowest BCUT2D eigenvalue weighted by Gasteiger charge is -2.64. The second kappa shape index (κ2) is 6.14. The Morgan fingerprint density at radius 2 is 1.70 bits per heavy atom. The average molecular weight is 377 g/mol. The largest absolute Gasteiger partial charge is 0.393 e. The molecule has 0 aromatic carbocycles. The molecule has 4 saturated carbocycles. The minimum Gasteiger partial charge on any atom is -0.393 e. The fourth-order valence-corrected chi connectivity index (χ4v) is 7.90. The van der Waals surface area contributed by atoms with Gasteiger partial charge < -0.3 is 15.3 Å². The molecule has 3 N–H and O–H groups in total. The van der Waals surface area contributed by atoms with Crippen molar-refractivity contribution in [2.24, 2.45) is 28.6 Å². The Bertz CT molecular complexity index is 659. The molecule has 0 bridgehead atoms. The van der Waals surface area contributed by atoms with E-state index in [1.54, 1.807) is 13.0 Å².